The van der Waals surface area contributed by atoms with Crippen LogP contribution in [0.25, 0.3) is 0 Å². The average Bonchev–Trinajstić information content (AvgIpc) is 2.31. The normalized spacial score (nSPS) is 10.0. The largest absolute Gasteiger partial charge is 0.493 e. The molecule has 17 heavy (non-hydrogen) atoms. The van der Waals surface area contributed by atoms with E-state index in [0.717, 1.165) is 0 Å². The van der Waals surface area contributed by atoms with Gasteiger partial charge >= 0.3 is 5.97 Å². The number of halogens is 1. The highest BCUT2D eigenvalue weighted by molar-refractivity contribution is 5.93. The van der Waals surface area contributed by atoms with Crippen molar-refractivity contribution in [3.63, 3.8) is 0 Å². The van der Waals surface area contributed by atoms with E-state index in [2.05, 4.69) is 0 Å². The van der Waals surface area contributed by atoms with E-state index in [1.807, 2.05) is 0 Å². The van der Waals surface area contributed by atoms with Gasteiger partial charge in [0.2, 0.25) is 0 Å². The van der Waals surface area contributed by atoms with E-state index in [-0.39, 0.29) is 25.2 Å². The SMILES string of the molecule is CCOC(=O)c1cc(N)ccc1OCCCF. The lowest BCUT2D eigenvalue weighted by molar-refractivity contribution is 0.0521. The van der Waals surface area contributed by atoms with Gasteiger partial charge in [-0.05, 0) is 25.1 Å². The summed E-state index contributed by atoms with van der Waals surface area (Å²) in [7, 11) is 0. The number of esters is 1. The number of rotatable bonds is 6. The molecule has 0 bridgehead atoms. The maximum Gasteiger partial charge on any atom is 0.341 e. The van der Waals surface area contributed by atoms with Crippen molar-refractivity contribution >= 4 is 11.7 Å². The van der Waals surface area contributed by atoms with Gasteiger partial charge in [-0.2, -0.15) is 0 Å². The fourth-order valence-corrected chi connectivity index (χ4v) is 1.28. The van der Waals surface area contributed by atoms with Crippen molar-refractivity contribution in [3.8, 4) is 5.75 Å². The summed E-state index contributed by atoms with van der Waals surface area (Å²) in [6.45, 7) is 1.75. The first kappa shape index (κ1) is 13.3. The van der Waals surface area contributed by atoms with E-state index >= 15 is 0 Å². The molecule has 0 spiro atoms. The van der Waals surface area contributed by atoms with E-state index in [0.29, 0.717) is 11.4 Å². The fraction of sp³-hybridized carbons (Fsp3) is 0.417. The summed E-state index contributed by atoms with van der Waals surface area (Å²) in [4.78, 5) is 11.6. The third-order valence-electron chi connectivity index (χ3n) is 2.03. The van der Waals surface area contributed by atoms with Crippen molar-refractivity contribution in [2.45, 2.75) is 13.3 Å². The van der Waals surface area contributed by atoms with Gasteiger partial charge in [-0.15, -0.1) is 0 Å². The number of nitrogen functional groups attached to an aromatic ring is 1. The van der Waals surface area contributed by atoms with E-state index in [1.165, 1.54) is 6.07 Å². The molecule has 0 amide bonds. The zero-order valence-corrected chi connectivity index (χ0v) is 9.74. The monoisotopic (exact) mass is 241 g/mol. The van der Waals surface area contributed by atoms with Gasteiger partial charge in [0.15, 0.2) is 0 Å². The van der Waals surface area contributed by atoms with Crippen molar-refractivity contribution in [2.24, 2.45) is 0 Å². The lowest BCUT2D eigenvalue weighted by Crippen LogP contribution is -2.09. The molecule has 0 aromatic heterocycles. The molecule has 2 N–H and O–H groups in total. The van der Waals surface area contributed by atoms with Gasteiger partial charge in [0, 0.05) is 12.1 Å². The van der Waals surface area contributed by atoms with Gasteiger partial charge in [-0.3, -0.25) is 4.39 Å². The van der Waals surface area contributed by atoms with Gasteiger partial charge in [0.25, 0.3) is 0 Å². The van der Waals surface area contributed by atoms with Crippen LogP contribution in [0.4, 0.5) is 10.1 Å². The smallest absolute Gasteiger partial charge is 0.341 e. The van der Waals surface area contributed by atoms with E-state index in [4.69, 9.17) is 15.2 Å². The lowest BCUT2D eigenvalue weighted by atomic mass is 10.2. The lowest BCUT2D eigenvalue weighted by Gasteiger charge is -2.10. The summed E-state index contributed by atoms with van der Waals surface area (Å²) < 4.78 is 22.1. The Morgan fingerprint density at radius 1 is 1.47 bits per heavy atom. The quantitative estimate of drug-likeness (QED) is 0.471. The maximum absolute atomic E-state index is 11.9. The first-order valence-electron chi connectivity index (χ1n) is 5.44. The molecule has 1 rings (SSSR count). The molecular formula is C12H16FNO3. The van der Waals surface area contributed by atoms with Crippen molar-refractivity contribution < 1.29 is 18.7 Å². The number of benzene rings is 1. The molecule has 4 nitrogen and oxygen atoms in total. The molecule has 0 aliphatic heterocycles. The Labute approximate surface area is 99.5 Å². The number of nitrogens with two attached hydrogens (primary N) is 1. The molecule has 0 radical (unpaired) electrons. The number of hydrogen-bond donors (Lipinski definition) is 1. The Hall–Kier alpha value is -1.78. The van der Waals surface area contributed by atoms with E-state index in [1.54, 1.807) is 19.1 Å². The van der Waals surface area contributed by atoms with Crippen molar-refractivity contribution in [1.82, 2.24) is 0 Å². The van der Waals surface area contributed by atoms with E-state index < -0.39 is 12.6 Å². The molecule has 1 aromatic rings. The molecule has 0 saturated carbocycles. The van der Waals surface area contributed by atoms with Crippen LogP contribution in [0.5, 0.6) is 5.75 Å². The Kier molecular flexibility index (Phi) is 5.26. The van der Waals surface area contributed by atoms with Gasteiger partial charge in [-0.1, -0.05) is 0 Å². The highest BCUT2D eigenvalue weighted by Crippen LogP contribution is 2.22. The summed E-state index contributed by atoms with van der Waals surface area (Å²) in [5.74, 6) is -0.124. The second kappa shape index (κ2) is 6.73. The minimum absolute atomic E-state index is 0.215. The van der Waals surface area contributed by atoms with Crippen LogP contribution < -0.4 is 10.5 Å². The second-order valence-electron chi connectivity index (χ2n) is 3.37. The molecule has 0 atom stereocenters. The Balaban J connectivity index is 2.83. The minimum atomic E-state index is -0.491. The second-order valence-corrected chi connectivity index (χ2v) is 3.37. The van der Waals surface area contributed by atoms with Crippen LogP contribution >= 0.6 is 0 Å². The summed E-state index contributed by atoms with van der Waals surface area (Å²) in [5.41, 5.74) is 6.31. The minimum Gasteiger partial charge on any atom is -0.493 e. The number of ether oxygens (including phenoxy) is 2. The van der Waals surface area contributed by atoms with Crippen molar-refractivity contribution in [3.05, 3.63) is 23.8 Å². The summed E-state index contributed by atoms with van der Waals surface area (Å²) >= 11 is 0. The first-order chi connectivity index (χ1) is 8.19. The van der Waals surface area contributed by atoms with E-state index in [9.17, 15) is 9.18 Å². The highest BCUT2D eigenvalue weighted by Gasteiger charge is 2.14. The number of carbonyl (C=O) groups is 1. The first-order valence-corrected chi connectivity index (χ1v) is 5.44. The number of hydrogen-bond acceptors (Lipinski definition) is 4. The van der Waals surface area contributed by atoms with Crippen molar-refractivity contribution in [2.75, 3.05) is 25.6 Å². The average molecular weight is 241 g/mol. The van der Waals surface area contributed by atoms with Crippen LogP contribution in [0, 0.1) is 0 Å². The molecule has 0 unspecified atom stereocenters. The zero-order chi connectivity index (χ0) is 12.7. The molecule has 0 heterocycles. The van der Waals surface area contributed by atoms with Crippen LogP contribution in [-0.2, 0) is 4.74 Å². The van der Waals surface area contributed by atoms with Gasteiger partial charge in [0.1, 0.15) is 11.3 Å². The topological polar surface area (TPSA) is 61.5 Å². The van der Waals surface area contributed by atoms with Gasteiger partial charge in [-0.25, -0.2) is 4.79 Å². The Bertz CT molecular complexity index is 382. The summed E-state index contributed by atoms with van der Waals surface area (Å²) in [6, 6.07) is 4.69. The summed E-state index contributed by atoms with van der Waals surface area (Å²) in [5, 5.41) is 0. The standard InChI is InChI=1S/C12H16FNO3/c1-2-16-12(15)10-8-9(14)4-5-11(10)17-7-3-6-13/h4-5,8H,2-3,6-7,14H2,1H3. The van der Waals surface area contributed by atoms with Crippen LogP contribution in [0.15, 0.2) is 18.2 Å². The molecule has 0 aliphatic carbocycles. The fourth-order valence-electron chi connectivity index (χ4n) is 1.28. The number of carbonyl (C=O) groups excluding carboxylic acids is 1. The maximum atomic E-state index is 11.9. The van der Waals surface area contributed by atoms with Crippen LogP contribution in [0.1, 0.15) is 23.7 Å². The third kappa shape index (κ3) is 3.94. The molecule has 0 saturated heterocycles. The van der Waals surface area contributed by atoms with Crippen LogP contribution in [0.3, 0.4) is 0 Å². The van der Waals surface area contributed by atoms with Crippen LogP contribution in [-0.4, -0.2) is 25.9 Å². The van der Waals surface area contributed by atoms with Crippen LogP contribution in [0.2, 0.25) is 0 Å². The molecule has 1 aromatic carbocycles. The Morgan fingerprint density at radius 3 is 2.88 bits per heavy atom. The third-order valence-corrected chi connectivity index (χ3v) is 2.03. The molecule has 0 aliphatic rings. The predicted molar refractivity (Wildman–Crippen MR) is 62.9 cm³/mol. The molecule has 5 heteroatoms. The predicted octanol–water partition coefficient (Wildman–Crippen LogP) is 2.18. The number of anilines is 1. The van der Waals surface area contributed by atoms with Crippen molar-refractivity contribution in [1.29, 1.82) is 0 Å². The van der Waals surface area contributed by atoms with Gasteiger partial charge < -0.3 is 15.2 Å². The Morgan fingerprint density at radius 2 is 2.24 bits per heavy atom. The zero-order valence-electron chi connectivity index (χ0n) is 9.74. The van der Waals surface area contributed by atoms with Gasteiger partial charge in [0.05, 0.1) is 19.9 Å². The highest BCUT2D eigenvalue weighted by atomic mass is 19.1. The molecule has 94 valence electrons. The summed E-state index contributed by atoms with van der Waals surface area (Å²) in [6.07, 6.45) is 0.284. The molecular weight excluding hydrogens is 225 g/mol. The number of alkyl halides is 1. The molecule has 0 fully saturated rings.